The highest BCUT2D eigenvalue weighted by molar-refractivity contribution is 8.01. The van der Waals surface area contributed by atoms with Gasteiger partial charge in [0.2, 0.25) is 0 Å². The maximum Gasteiger partial charge on any atom is 0.328 e. The molecule has 8 nitrogen and oxygen atoms in total. The van der Waals surface area contributed by atoms with Gasteiger partial charge in [-0.1, -0.05) is 30.2 Å². The van der Waals surface area contributed by atoms with E-state index in [2.05, 4.69) is 10.3 Å². The van der Waals surface area contributed by atoms with Crippen LogP contribution in [0.3, 0.4) is 0 Å². The van der Waals surface area contributed by atoms with Crippen LogP contribution in [0.5, 0.6) is 0 Å². The van der Waals surface area contributed by atoms with Crippen LogP contribution in [0, 0.1) is 5.92 Å². The first-order valence-electron chi connectivity index (χ1n) is 10.5. The minimum absolute atomic E-state index is 0.0709. The molecule has 0 saturated heterocycles. The highest BCUT2D eigenvalue weighted by Gasteiger charge is 2.25. The molecule has 0 atom stereocenters. The van der Waals surface area contributed by atoms with Crippen molar-refractivity contribution in [1.29, 1.82) is 0 Å². The number of carboxylic acid groups (broad SMARTS) is 1. The molecule has 0 bridgehead atoms. The fourth-order valence-corrected chi connectivity index (χ4v) is 5.47. The lowest BCUT2D eigenvalue weighted by Gasteiger charge is -2.26. The first-order valence-corrected chi connectivity index (χ1v) is 12.3. The quantitative estimate of drug-likeness (QED) is 0.511. The van der Waals surface area contributed by atoms with Crippen molar-refractivity contribution in [2.75, 3.05) is 36.6 Å². The summed E-state index contributed by atoms with van der Waals surface area (Å²) in [6.45, 7) is 0.580. The smallest absolute Gasteiger partial charge is 0.328 e. The summed E-state index contributed by atoms with van der Waals surface area (Å²) in [7, 11) is 3.40. The number of amides is 3. The largest absolute Gasteiger partial charge is 0.481 e. The lowest BCUT2D eigenvalue weighted by Crippen LogP contribution is -2.38. The number of nitrogens with zero attached hydrogens (tertiary/aromatic N) is 3. The van der Waals surface area contributed by atoms with Gasteiger partial charge in [-0.3, -0.25) is 19.8 Å². The van der Waals surface area contributed by atoms with Crippen molar-refractivity contribution in [2.24, 2.45) is 5.92 Å². The number of carbonyl (C=O) groups excluding carboxylic acids is 2. The van der Waals surface area contributed by atoms with Gasteiger partial charge in [-0.25, -0.2) is 9.78 Å². The lowest BCUT2D eigenvalue weighted by atomic mass is 10.1. The molecule has 10 heteroatoms. The Morgan fingerprint density at radius 1 is 1.25 bits per heavy atom. The Hall–Kier alpha value is -2.59. The van der Waals surface area contributed by atoms with Gasteiger partial charge in [0.05, 0.1) is 16.8 Å². The van der Waals surface area contributed by atoms with Crippen LogP contribution in [0.4, 0.5) is 15.6 Å². The van der Waals surface area contributed by atoms with Crippen LogP contribution in [0.15, 0.2) is 34.7 Å². The number of nitrogens with one attached hydrogen (secondary N) is 1. The van der Waals surface area contributed by atoms with Crippen LogP contribution in [0.25, 0.3) is 0 Å². The second kappa shape index (κ2) is 11.3. The number of thiazole rings is 1. The van der Waals surface area contributed by atoms with E-state index < -0.39 is 5.97 Å². The Labute approximate surface area is 196 Å². The molecule has 2 N–H and O–H groups in total. The predicted molar refractivity (Wildman–Crippen MR) is 128 cm³/mol. The average molecular weight is 477 g/mol. The van der Waals surface area contributed by atoms with Gasteiger partial charge < -0.3 is 10.0 Å². The molecule has 1 saturated carbocycles. The number of rotatable bonds is 9. The Bertz CT molecular complexity index is 957. The van der Waals surface area contributed by atoms with E-state index in [0.29, 0.717) is 34.6 Å². The van der Waals surface area contributed by atoms with Gasteiger partial charge in [0.15, 0.2) is 5.13 Å². The van der Waals surface area contributed by atoms with Crippen LogP contribution in [-0.2, 0) is 4.79 Å². The first-order chi connectivity index (χ1) is 15.3. The van der Waals surface area contributed by atoms with Crippen LogP contribution in [-0.4, -0.2) is 59.3 Å². The van der Waals surface area contributed by atoms with Gasteiger partial charge in [0.1, 0.15) is 0 Å². The van der Waals surface area contributed by atoms with Gasteiger partial charge in [0.25, 0.3) is 5.91 Å². The van der Waals surface area contributed by atoms with E-state index in [-0.39, 0.29) is 18.4 Å². The van der Waals surface area contributed by atoms with Gasteiger partial charge in [0, 0.05) is 37.6 Å². The zero-order valence-electron chi connectivity index (χ0n) is 18.2. The SMILES string of the molecule is CN(C)C(=O)c1cccc(N(CC2CCCC2)C(=O)Nc2ncc(SCCC(=O)O)s2)c1. The molecular weight excluding hydrogens is 448 g/mol. The number of carboxylic acids is 1. The summed E-state index contributed by atoms with van der Waals surface area (Å²) in [6.07, 6.45) is 6.22. The number of aliphatic carboxylic acids is 1. The molecule has 32 heavy (non-hydrogen) atoms. The predicted octanol–water partition coefficient (Wildman–Crippen LogP) is 4.64. The van der Waals surface area contributed by atoms with E-state index in [9.17, 15) is 14.4 Å². The van der Waals surface area contributed by atoms with Crippen molar-refractivity contribution in [3.05, 3.63) is 36.0 Å². The van der Waals surface area contributed by atoms with Crippen molar-refractivity contribution in [3.8, 4) is 0 Å². The molecule has 1 fully saturated rings. The van der Waals surface area contributed by atoms with Crippen LogP contribution in [0.1, 0.15) is 42.5 Å². The van der Waals surface area contributed by atoms with E-state index in [0.717, 1.165) is 17.1 Å². The summed E-state index contributed by atoms with van der Waals surface area (Å²) in [5.74, 6) is -0.0812. The summed E-state index contributed by atoms with van der Waals surface area (Å²) >= 11 is 2.72. The molecule has 0 aliphatic heterocycles. The van der Waals surface area contributed by atoms with Crippen molar-refractivity contribution in [3.63, 3.8) is 0 Å². The van der Waals surface area contributed by atoms with E-state index in [1.165, 1.54) is 40.8 Å². The minimum atomic E-state index is -0.840. The van der Waals surface area contributed by atoms with E-state index in [1.54, 1.807) is 43.4 Å². The third-order valence-corrected chi connectivity index (χ3v) is 7.34. The fourth-order valence-electron chi connectivity index (χ4n) is 3.60. The molecule has 2 aromatic rings. The Morgan fingerprint density at radius 3 is 2.69 bits per heavy atom. The maximum atomic E-state index is 13.2. The fraction of sp³-hybridized carbons (Fsp3) is 0.455. The van der Waals surface area contributed by atoms with Crippen LogP contribution >= 0.6 is 23.1 Å². The highest BCUT2D eigenvalue weighted by Crippen LogP contribution is 2.31. The van der Waals surface area contributed by atoms with Crippen molar-refractivity contribution in [2.45, 2.75) is 36.3 Å². The highest BCUT2D eigenvalue weighted by atomic mass is 32.2. The average Bonchev–Trinajstić information content (AvgIpc) is 3.43. The molecular formula is C22H28N4O4S2. The number of aromatic nitrogens is 1. The number of hydrogen-bond donors (Lipinski definition) is 2. The number of thioether (sulfide) groups is 1. The maximum absolute atomic E-state index is 13.2. The zero-order chi connectivity index (χ0) is 23.1. The van der Waals surface area contributed by atoms with Crippen molar-refractivity contribution in [1.82, 2.24) is 9.88 Å². The van der Waals surface area contributed by atoms with Gasteiger partial charge in [-0.2, -0.15) is 0 Å². The lowest BCUT2D eigenvalue weighted by molar-refractivity contribution is -0.136. The van der Waals surface area contributed by atoms with Crippen LogP contribution in [0.2, 0.25) is 0 Å². The third-order valence-electron chi connectivity index (χ3n) is 5.23. The third kappa shape index (κ3) is 6.70. The molecule has 1 aromatic carbocycles. The molecule has 0 radical (unpaired) electrons. The van der Waals surface area contributed by atoms with Gasteiger partial charge in [-0.05, 0) is 37.0 Å². The van der Waals surface area contributed by atoms with Crippen molar-refractivity contribution < 1.29 is 19.5 Å². The topological polar surface area (TPSA) is 103 Å². The van der Waals surface area contributed by atoms with E-state index in [4.69, 9.17) is 5.11 Å². The number of urea groups is 1. The molecule has 0 unspecified atom stereocenters. The normalized spacial score (nSPS) is 13.7. The molecule has 0 spiro atoms. The van der Waals surface area contributed by atoms with Gasteiger partial charge >= 0.3 is 12.0 Å². The monoisotopic (exact) mass is 476 g/mol. The number of carbonyl (C=O) groups is 3. The van der Waals surface area contributed by atoms with Crippen LogP contribution < -0.4 is 10.2 Å². The summed E-state index contributed by atoms with van der Waals surface area (Å²) in [5.41, 5.74) is 1.21. The number of benzene rings is 1. The Morgan fingerprint density at radius 2 is 2.00 bits per heavy atom. The van der Waals surface area contributed by atoms with Crippen molar-refractivity contribution >= 4 is 51.8 Å². The Kier molecular flexibility index (Phi) is 8.52. The second-order valence-corrected chi connectivity index (χ2v) is 10.3. The zero-order valence-corrected chi connectivity index (χ0v) is 19.9. The Balaban J connectivity index is 1.75. The molecule has 1 aliphatic carbocycles. The second-order valence-electron chi connectivity index (χ2n) is 7.92. The molecule has 3 rings (SSSR count). The van der Waals surface area contributed by atoms with E-state index in [1.807, 2.05) is 6.07 Å². The number of anilines is 2. The molecule has 1 heterocycles. The van der Waals surface area contributed by atoms with E-state index >= 15 is 0 Å². The summed E-state index contributed by atoms with van der Waals surface area (Å²) in [4.78, 5) is 43.8. The summed E-state index contributed by atoms with van der Waals surface area (Å²) in [6, 6.07) is 6.85. The molecule has 3 amide bonds. The van der Waals surface area contributed by atoms with Gasteiger partial charge in [-0.15, -0.1) is 11.8 Å². The molecule has 1 aromatic heterocycles. The minimum Gasteiger partial charge on any atom is -0.481 e. The molecule has 172 valence electrons. The standard InChI is InChI=1S/C22H28N4O4S2/c1-25(2)20(29)16-8-5-9-17(12-16)26(14-15-6-3-4-7-15)22(30)24-21-23-13-19(32-21)31-11-10-18(27)28/h5,8-9,12-13,15H,3-4,6-7,10-11,14H2,1-2H3,(H,27,28)(H,23,24,30). The summed E-state index contributed by atoms with van der Waals surface area (Å²) in [5, 5.41) is 12.1. The first kappa shape index (κ1) is 24.1. The summed E-state index contributed by atoms with van der Waals surface area (Å²) < 4.78 is 0.850. The molecule has 1 aliphatic rings. The number of hydrogen-bond acceptors (Lipinski definition) is 6.